The van der Waals surface area contributed by atoms with Gasteiger partial charge in [0.1, 0.15) is 23.9 Å². The summed E-state index contributed by atoms with van der Waals surface area (Å²) in [6.07, 6.45) is 0. The number of ether oxygens (including phenoxy) is 1. The number of carbonyl (C=O) groups excluding carboxylic acids is 1. The number of rotatable bonds is 6. The van der Waals surface area contributed by atoms with E-state index in [9.17, 15) is 4.79 Å². The number of aryl methyl sites for hydroxylation is 1. The number of anilines is 1. The van der Waals surface area contributed by atoms with Gasteiger partial charge >= 0.3 is 0 Å². The molecule has 3 aromatic rings. The fourth-order valence-electron chi connectivity index (χ4n) is 2.64. The third kappa shape index (κ3) is 4.40. The van der Waals surface area contributed by atoms with Crippen molar-refractivity contribution in [2.75, 3.05) is 11.9 Å². The molecule has 3 rings (SSSR count). The summed E-state index contributed by atoms with van der Waals surface area (Å²) in [5, 5.41) is 12.1. The van der Waals surface area contributed by atoms with Crippen molar-refractivity contribution < 1.29 is 19.1 Å². The van der Waals surface area contributed by atoms with Gasteiger partial charge in [0.15, 0.2) is 0 Å². The van der Waals surface area contributed by atoms with Crippen LogP contribution in [0, 0.1) is 6.92 Å². The Kier molecular flexibility index (Phi) is 5.98. The van der Waals surface area contributed by atoms with E-state index >= 15 is 0 Å². The van der Waals surface area contributed by atoms with E-state index in [1.807, 2.05) is 32.0 Å². The van der Waals surface area contributed by atoms with Crippen LogP contribution in [0.15, 0.2) is 57.4 Å². The van der Waals surface area contributed by atoms with Gasteiger partial charge in [-0.1, -0.05) is 12.1 Å². The zero-order valence-electron chi connectivity index (χ0n) is 15.1. The van der Waals surface area contributed by atoms with Crippen molar-refractivity contribution in [3.63, 3.8) is 0 Å². The minimum atomic E-state index is -0.213. The van der Waals surface area contributed by atoms with Crippen LogP contribution >= 0.6 is 15.9 Å². The fourth-order valence-corrected chi connectivity index (χ4v) is 3.13. The Morgan fingerprint density at radius 2 is 2.00 bits per heavy atom. The lowest BCUT2D eigenvalue weighted by Gasteiger charge is -2.11. The second-order valence-electron chi connectivity index (χ2n) is 5.99. The molecular weight excluding hydrogens is 410 g/mol. The van der Waals surface area contributed by atoms with Crippen LogP contribution in [0.25, 0.3) is 11.3 Å². The first kappa shape index (κ1) is 19.2. The Morgan fingerprint density at radius 3 is 2.67 bits per heavy atom. The molecule has 2 N–H and O–H groups in total. The molecule has 1 heterocycles. The van der Waals surface area contributed by atoms with Crippen LogP contribution in [0.3, 0.4) is 0 Å². The van der Waals surface area contributed by atoms with Gasteiger partial charge in [-0.3, -0.25) is 4.79 Å². The molecule has 1 aromatic heterocycles. The van der Waals surface area contributed by atoms with Gasteiger partial charge in [0.2, 0.25) is 0 Å². The molecule has 6 heteroatoms. The molecule has 140 valence electrons. The summed E-state index contributed by atoms with van der Waals surface area (Å²) >= 11 is 3.43. The highest BCUT2D eigenvalue weighted by Crippen LogP contribution is 2.29. The van der Waals surface area contributed by atoms with Crippen molar-refractivity contribution in [2.24, 2.45) is 0 Å². The Labute approximate surface area is 166 Å². The molecular formula is C21H20BrNO4. The molecule has 0 unspecified atom stereocenters. The number of carbonyl (C=O) groups is 1. The topological polar surface area (TPSA) is 71.7 Å². The minimum absolute atomic E-state index is 0.151. The lowest BCUT2D eigenvalue weighted by Crippen LogP contribution is -2.13. The molecule has 27 heavy (non-hydrogen) atoms. The average Bonchev–Trinajstić information content (AvgIpc) is 3.14. The number of amides is 1. The van der Waals surface area contributed by atoms with Crippen LogP contribution in [-0.2, 0) is 6.61 Å². The summed E-state index contributed by atoms with van der Waals surface area (Å²) in [5.41, 5.74) is 2.98. The lowest BCUT2D eigenvalue weighted by atomic mass is 10.1. The van der Waals surface area contributed by atoms with Gasteiger partial charge in [-0.25, -0.2) is 0 Å². The predicted octanol–water partition coefficient (Wildman–Crippen LogP) is 5.16. The summed E-state index contributed by atoms with van der Waals surface area (Å²) in [5.74, 6) is 1.62. The molecule has 0 saturated carbocycles. The number of nitrogens with one attached hydrogen (secondary N) is 1. The molecule has 0 aliphatic rings. The van der Waals surface area contributed by atoms with Crippen molar-refractivity contribution in [1.29, 1.82) is 0 Å². The predicted molar refractivity (Wildman–Crippen MR) is 108 cm³/mol. The Bertz CT molecular complexity index is 965. The molecule has 0 saturated heterocycles. The van der Waals surface area contributed by atoms with Crippen molar-refractivity contribution in [3.8, 4) is 17.1 Å². The summed E-state index contributed by atoms with van der Waals surface area (Å²) in [4.78, 5) is 12.7. The maximum absolute atomic E-state index is 12.7. The van der Waals surface area contributed by atoms with E-state index in [0.29, 0.717) is 35.1 Å². The van der Waals surface area contributed by atoms with Crippen molar-refractivity contribution >= 4 is 27.5 Å². The molecule has 0 atom stereocenters. The molecule has 1 amide bonds. The van der Waals surface area contributed by atoms with E-state index in [1.54, 1.807) is 30.3 Å². The molecule has 0 fully saturated rings. The van der Waals surface area contributed by atoms with E-state index < -0.39 is 0 Å². The Balaban J connectivity index is 1.83. The van der Waals surface area contributed by atoms with Gasteiger partial charge in [0.25, 0.3) is 5.91 Å². The fraction of sp³-hybridized carbons (Fsp3) is 0.190. The van der Waals surface area contributed by atoms with Gasteiger partial charge in [0, 0.05) is 16.8 Å². The Hall–Kier alpha value is -2.57. The first-order valence-corrected chi connectivity index (χ1v) is 9.35. The summed E-state index contributed by atoms with van der Waals surface area (Å²) < 4.78 is 11.8. The highest BCUT2D eigenvalue weighted by Gasteiger charge is 2.12. The molecule has 0 spiro atoms. The number of aliphatic hydroxyl groups is 1. The second-order valence-corrected chi connectivity index (χ2v) is 6.84. The van der Waals surface area contributed by atoms with Crippen LogP contribution in [0.5, 0.6) is 5.75 Å². The molecule has 0 bridgehead atoms. The third-order valence-electron chi connectivity index (χ3n) is 4.08. The van der Waals surface area contributed by atoms with Crippen LogP contribution < -0.4 is 10.1 Å². The molecule has 0 aliphatic heterocycles. The maximum Gasteiger partial charge on any atom is 0.255 e. The van der Waals surface area contributed by atoms with E-state index in [2.05, 4.69) is 21.2 Å². The SMILES string of the molecule is CCOc1ccc(C(=O)Nc2cc(-c3ccc(CO)o3)ccc2C)cc1Br. The summed E-state index contributed by atoms with van der Waals surface area (Å²) in [6, 6.07) is 14.4. The highest BCUT2D eigenvalue weighted by molar-refractivity contribution is 9.10. The quantitative estimate of drug-likeness (QED) is 0.567. The zero-order valence-corrected chi connectivity index (χ0v) is 16.7. The van der Waals surface area contributed by atoms with Gasteiger partial charge in [0.05, 0.1) is 11.1 Å². The highest BCUT2D eigenvalue weighted by atomic mass is 79.9. The summed E-state index contributed by atoms with van der Waals surface area (Å²) in [7, 11) is 0. The second kappa shape index (κ2) is 8.41. The lowest BCUT2D eigenvalue weighted by molar-refractivity contribution is 0.102. The first-order chi connectivity index (χ1) is 13.0. The number of furan rings is 1. The van der Waals surface area contributed by atoms with Crippen LogP contribution in [0.2, 0.25) is 0 Å². The van der Waals surface area contributed by atoms with E-state index in [0.717, 1.165) is 15.6 Å². The van der Waals surface area contributed by atoms with E-state index in [1.165, 1.54) is 0 Å². The maximum atomic E-state index is 12.7. The van der Waals surface area contributed by atoms with Gasteiger partial charge in [-0.15, -0.1) is 0 Å². The van der Waals surface area contributed by atoms with Crippen LogP contribution in [0.4, 0.5) is 5.69 Å². The molecule has 0 radical (unpaired) electrons. The molecule has 2 aromatic carbocycles. The van der Waals surface area contributed by atoms with Crippen LogP contribution in [-0.4, -0.2) is 17.6 Å². The van der Waals surface area contributed by atoms with Gasteiger partial charge in [-0.2, -0.15) is 0 Å². The van der Waals surface area contributed by atoms with Crippen molar-refractivity contribution in [3.05, 3.63) is 69.9 Å². The number of hydrogen-bond acceptors (Lipinski definition) is 4. The third-order valence-corrected chi connectivity index (χ3v) is 4.70. The normalized spacial score (nSPS) is 10.7. The van der Waals surface area contributed by atoms with Gasteiger partial charge in [-0.05, 0) is 71.7 Å². The van der Waals surface area contributed by atoms with E-state index in [4.69, 9.17) is 14.3 Å². The molecule has 5 nitrogen and oxygen atoms in total. The van der Waals surface area contributed by atoms with Crippen LogP contribution in [0.1, 0.15) is 28.6 Å². The zero-order chi connectivity index (χ0) is 19.4. The monoisotopic (exact) mass is 429 g/mol. The van der Waals surface area contributed by atoms with Crippen molar-refractivity contribution in [1.82, 2.24) is 0 Å². The summed E-state index contributed by atoms with van der Waals surface area (Å²) in [6.45, 7) is 4.24. The first-order valence-electron chi connectivity index (χ1n) is 8.56. The largest absolute Gasteiger partial charge is 0.493 e. The standard InChI is InChI=1S/C21H20BrNO4/c1-3-26-20-8-6-15(10-17(20)22)21(25)23-18-11-14(5-4-13(18)2)19-9-7-16(12-24)27-19/h4-11,24H,3,12H2,1-2H3,(H,23,25). The number of benzene rings is 2. The minimum Gasteiger partial charge on any atom is -0.493 e. The number of aliphatic hydroxyl groups excluding tert-OH is 1. The number of hydrogen-bond donors (Lipinski definition) is 2. The average molecular weight is 430 g/mol. The Morgan fingerprint density at radius 1 is 1.19 bits per heavy atom. The number of halogens is 1. The molecule has 0 aliphatic carbocycles. The van der Waals surface area contributed by atoms with Gasteiger partial charge < -0.3 is 19.6 Å². The smallest absolute Gasteiger partial charge is 0.255 e. The van der Waals surface area contributed by atoms with E-state index in [-0.39, 0.29) is 12.5 Å². The van der Waals surface area contributed by atoms with Crippen molar-refractivity contribution in [2.45, 2.75) is 20.5 Å².